The van der Waals surface area contributed by atoms with E-state index in [1.54, 1.807) is 17.4 Å². The molecule has 2 aromatic carbocycles. The van der Waals surface area contributed by atoms with Crippen molar-refractivity contribution in [1.82, 2.24) is 15.2 Å². The van der Waals surface area contributed by atoms with Gasteiger partial charge in [-0.2, -0.15) is 0 Å². The summed E-state index contributed by atoms with van der Waals surface area (Å²) in [4.78, 5) is 13.8. The maximum absolute atomic E-state index is 11.2. The van der Waals surface area contributed by atoms with Crippen LogP contribution in [0.5, 0.6) is 0 Å². The van der Waals surface area contributed by atoms with Crippen molar-refractivity contribution in [2.45, 2.75) is 6.42 Å². The van der Waals surface area contributed by atoms with E-state index in [2.05, 4.69) is 15.2 Å². The van der Waals surface area contributed by atoms with Crippen molar-refractivity contribution in [2.75, 3.05) is 0 Å². The highest BCUT2D eigenvalue weighted by atomic mass is 32.1. The van der Waals surface area contributed by atoms with Crippen LogP contribution in [-0.4, -0.2) is 15.2 Å². The van der Waals surface area contributed by atoms with E-state index in [1.165, 1.54) is 0 Å². The van der Waals surface area contributed by atoms with Gasteiger partial charge in [-0.05, 0) is 17.7 Å². The fourth-order valence-corrected chi connectivity index (χ4v) is 3.19. The van der Waals surface area contributed by atoms with Gasteiger partial charge in [0.1, 0.15) is 10.0 Å². The molecule has 4 aromatic rings. The molecule has 0 aliphatic heterocycles. The van der Waals surface area contributed by atoms with Crippen LogP contribution in [0.15, 0.2) is 57.7 Å². The summed E-state index contributed by atoms with van der Waals surface area (Å²) >= 11 is 1.57. The first-order valence-corrected chi connectivity index (χ1v) is 7.59. The number of fused-ring (bicyclic) bond motifs is 1. The summed E-state index contributed by atoms with van der Waals surface area (Å²) in [5.74, 6) is -0.436. The van der Waals surface area contributed by atoms with E-state index in [4.69, 9.17) is 4.42 Å². The molecular formula is C16H11N3O2S. The highest BCUT2D eigenvalue weighted by molar-refractivity contribution is 7.14. The summed E-state index contributed by atoms with van der Waals surface area (Å²) < 4.78 is 5.00. The Labute approximate surface area is 129 Å². The van der Waals surface area contributed by atoms with Gasteiger partial charge in [0.25, 0.3) is 0 Å². The number of aromatic nitrogens is 3. The highest BCUT2D eigenvalue weighted by Gasteiger charge is 2.08. The Kier molecular flexibility index (Phi) is 3.08. The Hall–Kier alpha value is -2.73. The largest absolute Gasteiger partial charge is 0.417 e. The lowest BCUT2D eigenvalue weighted by Crippen LogP contribution is -1.93. The predicted octanol–water partition coefficient (Wildman–Crippen LogP) is 3.23. The summed E-state index contributed by atoms with van der Waals surface area (Å²) in [6.45, 7) is 0. The molecular weight excluding hydrogens is 298 g/mol. The zero-order valence-electron chi connectivity index (χ0n) is 11.4. The molecule has 0 radical (unpaired) electrons. The summed E-state index contributed by atoms with van der Waals surface area (Å²) in [5, 5.41) is 10.3. The van der Waals surface area contributed by atoms with Gasteiger partial charge in [-0.1, -0.05) is 47.7 Å². The number of hydrogen-bond acceptors (Lipinski definition) is 5. The van der Waals surface area contributed by atoms with E-state index in [0.29, 0.717) is 17.5 Å². The van der Waals surface area contributed by atoms with Gasteiger partial charge < -0.3 is 4.42 Å². The standard InChI is InChI=1S/C16H11N3O2S/c20-16-17-12-8-10(6-7-13(12)21-16)9-14-18-19-15(22-14)11-4-2-1-3-5-11/h1-8H,9H2,(H,17,20). The van der Waals surface area contributed by atoms with Crippen LogP contribution in [0.3, 0.4) is 0 Å². The fraction of sp³-hybridized carbons (Fsp3) is 0.0625. The van der Waals surface area contributed by atoms with Gasteiger partial charge in [0.15, 0.2) is 5.58 Å². The zero-order chi connectivity index (χ0) is 14.9. The Morgan fingerprint density at radius 2 is 1.95 bits per heavy atom. The molecule has 2 aromatic heterocycles. The lowest BCUT2D eigenvalue weighted by molar-refractivity contribution is 0.555. The van der Waals surface area contributed by atoms with E-state index in [9.17, 15) is 4.79 Å². The van der Waals surface area contributed by atoms with Crippen molar-refractivity contribution in [1.29, 1.82) is 0 Å². The Bertz CT molecular complexity index is 985. The molecule has 0 aliphatic rings. The molecule has 0 atom stereocenters. The van der Waals surface area contributed by atoms with E-state index in [0.717, 1.165) is 21.1 Å². The molecule has 0 bridgehead atoms. The average Bonchev–Trinajstić information content (AvgIpc) is 3.13. The normalized spacial score (nSPS) is 11.1. The van der Waals surface area contributed by atoms with Crippen LogP contribution in [0.4, 0.5) is 0 Å². The minimum absolute atomic E-state index is 0.436. The number of aromatic amines is 1. The third-order valence-electron chi connectivity index (χ3n) is 3.33. The molecule has 0 unspecified atom stereocenters. The van der Waals surface area contributed by atoms with Crippen molar-refractivity contribution in [2.24, 2.45) is 0 Å². The van der Waals surface area contributed by atoms with Crippen LogP contribution in [0.2, 0.25) is 0 Å². The lowest BCUT2D eigenvalue weighted by Gasteiger charge is -1.96. The van der Waals surface area contributed by atoms with Gasteiger partial charge in [-0.25, -0.2) is 4.79 Å². The van der Waals surface area contributed by atoms with Crippen molar-refractivity contribution >= 4 is 22.4 Å². The second kappa shape index (κ2) is 5.23. The Morgan fingerprint density at radius 3 is 2.82 bits per heavy atom. The van der Waals surface area contributed by atoms with Gasteiger partial charge in [-0.15, -0.1) is 10.2 Å². The number of oxazole rings is 1. The third kappa shape index (κ3) is 2.44. The average molecular weight is 309 g/mol. The first-order chi connectivity index (χ1) is 10.8. The molecule has 1 N–H and O–H groups in total. The van der Waals surface area contributed by atoms with Gasteiger partial charge in [0.2, 0.25) is 0 Å². The first kappa shape index (κ1) is 13.0. The van der Waals surface area contributed by atoms with Crippen molar-refractivity contribution in [3.05, 3.63) is 69.7 Å². The Balaban J connectivity index is 1.62. The summed E-state index contributed by atoms with van der Waals surface area (Å²) in [6.07, 6.45) is 0.674. The SMILES string of the molecule is O=c1[nH]c2cc(Cc3nnc(-c4ccccc4)s3)ccc2o1. The van der Waals surface area contributed by atoms with Gasteiger partial charge >= 0.3 is 5.76 Å². The highest BCUT2D eigenvalue weighted by Crippen LogP contribution is 2.25. The molecule has 0 aliphatic carbocycles. The molecule has 108 valence electrons. The molecule has 0 spiro atoms. The molecule has 0 fully saturated rings. The van der Waals surface area contributed by atoms with Crippen molar-refractivity contribution < 1.29 is 4.42 Å². The van der Waals surface area contributed by atoms with Crippen LogP contribution >= 0.6 is 11.3 Å². The van der Waals surface area contributed by atoms with Crippen LogP contribution < -0.4 is 5.76 Å². The quantitative estimate of drug-likeness (QED) is 0.630. The summed E-state index contributed by atoms with van der Waals surface area (Å²) in [5.41, 5.74) is 3.40. The molecule has 0 saturated carbocycles. The first-order valence-electron chi connectivity index (χ1n) is 6.77. The maximum Gasteiger partial charge on any atom is 0.417 e. The topological polar surface area (TPSA) is 71.8 Å². The lowest BCUT2D eigenvalue weighted by atomic mass is 10.1. The Morgan fingerprint density at radius 1 is 1.09 bits per heavy atom. The third-order valence-corrected chi connectivity index (χ3v) is 4.30. The predicted molar refractivity (Wildman–Crippen MR) is 85.0 cm³/mol. The van der Waals surface area contributed by atoms with Crippen LogP contribution in [0.25, 0.3) is 21.7 Å². The van der Waals surface area contributed by atoms with Crippen LogP contribution in [-0.2, 0) is 6.42 Å². The smallest absolute Gasteiger partial charge is 0.408 e. The van der Waals surface area contributed by atoms with E-state index in [1.807, 2.05) is 42.5 Å². The minimum atomic E-state index is -0.436. The molecule has 4 rings (SSSR count). The van der Waals surface area contributed by atoms with Gasteiger partial charge in [0, 0.05) is 12.0 Å². The molecule has 6 heteroatoms. The monoisotopic (exact) mass is 309 g/mol. The number of nitrogens with one attached hydrogen (secondary N) is 1. The van der Waals surface area contributed by atoms with Gasteiger partial charge in [-0.3, -0.25) is 4.98 Å². The number of H-pyrrole nitrogens is 1. The van der Waals surface area contributed by atoms with Crippen molar-refractivity contribution in [3.63, 3.8) is 0 Å². The van der Waals surface area contributed by atoms with E-state index in [-0.39, 0.29) is 0 Å². The van der Waals surface area contributed by atoms with Crippen LogP contribution in [0, 0.1) is 0 Å². The van der Waals surface area contributed by atoms with E-state index >= 15 is 0 Å². The minimum Gasteiger partial charge on any atom is -0.408 e. The maximum atomic E-state index is 11.2. The summed E-state index contributed by atoms with van der Waals surface area (Å²) in [6, 6.07) is 15.6. The number of nitrogens with zero attached hydrogens (tertiary/aromatic N) is 2. The fourth-order valence-electron chi connectivity index (χ4n) is 2.31. The number of rotatable bonds is 3. The number of benzene rings is 2. The second-order valence-corrected chi connectivity index (χ2v) is 5.95. The molecule has 5 nitrogen and oxygen atoms in total. The number of hydrogen-bond donors (Lipinski definition) is 1. The molecule has 0 amide bonds. The molecule has 0 saturated heterocycles. The second-order valence-electron chi connectivity index (χ2n) is 4.89. The van der Waals surface area contributed by atoms with Crippen molar-refractivity contribution in [3.8, 4) is 10.6 Å². The van der Waals surface area contributed by atoms with Crippen LogP contribution in [0.1, 0.15) is 10.6 Å². The van der Waals surface area contributed by atoms with Gasteiger partial charge in [0.05, 0.1) is 5.52 Å². The molecule has 22 heavy (non-hydrogen) atoms. The van der Waals surface area contributed by atoms with E-state index < -0.39 is 5.76 Å². The zero-order valence-corrected chi connectivity index (χ0v) is 12.3. The summed E-state index contributed by atoms with van der Waals surface area (Å²) in [7, 11) is 0. The molecule has 2 heterocycles.